The van der Waals surface area contributed by atoms with Crippen LogP contribution in [0, 0.1) is 22.0 Å². The molecular weight excluding hydrogens is 312 g/mol. The van der Waals surface area contributed by atoms with Crippen LogP contribution in [0.3, 0.4) is 0 Å². The third-order valence-corrected chi connectivity index (χ3v) is 4.90. The molecule has 1 saturated heterocycles. The van der Waals surface area contributed by atoms with Crippen molar-refractivity contribution >= 4 is 11.7 Å². The van der Waals surface area contributed by atoms with Crippen molar-refractivity contribution in [1.29, 1.82) is 0 Å². The standard InChI is InChI=1S/C17H20N2O5/c1-24-13-4-2-11(3-5-13)16(20)12-6-8-18(9-7-12)17(21)14-10-15(14)19(22)23/h2-5,12,14-15H,6-10H2,1H3/t14-,15-/m0/s1. The summed E-state index contributed by atoms with van der Waals surface area (Å²) in [5, 5.41) is 10.7. The SMILES string of the molecule is COc1ccc(C(=O)C2CCN(C(=O)[C@H]3C[C@@H]3[N+](=O)[O-])CC2)cc1. The van der Waals surface area contributed by atoms with E-state index in [9.17, 15) is 19.7 Å². The highest BCUT2D eigenvalue weighted by molar-refractivity contribution is 5.98. The molecule has 1 amide bonds. The van der Waals surface area contributed by atoms with Gasteiger partial charge < -0.3 is 9.64 Å². The first-order valence-electron chi connectivity index (χ1n) is 8.12. The number of amides is 1. The number of piperidine rings is 1. The Morgan fingerprint density at radius 1 is 1.21 bits per heavy atom. The first-order chi connectivity index (χ1) is 11.5. The van der Waals surface area contributed by atoms with E-state index in [2.05, 4.69) is 0 Å². The Labute approximate surface area is 139 Å². The molecule has 0 aromatic heterocycles. The molecule has 3 rings (SSSR count). The van der Waals surface area contributed by atoms with Gasteiger partial charge in [-0.3, -0.25) is 19.7 Å². The minimum absolute atomic E-state index is 0.0827. The molecule has 0 N–H and O–H groups in total. The molecule has 0 unspecified atom stereocenters. The Morgan fingerprint density at radius 3 is 2.33 bits per heavy atom. The van der Waals surface area contributed by atoms with Crippen molar-refractivity contribution in [2.24, 2.45) is 11.8 Å². The van der Waals surface area contributed by atoms with E-state index in [-0.39, 0.29) is 22.5 Å². The second-order valence-corrected chi connectivity index (χ2v) is 6.39. The molecule has 7 nitrogen and oxygen atoms in total. The second-order valence-electron chi connectivity index (χ2n) is 6.39. The van der Waals surface area contributed by atoms with Gasteiger partial charge in [0.1, 0.15) is 11.7 Å². The number of nitrogens with zero attached hydrogens (tertiary/aromatic N) is 2. The van der Waals surface area contributed by atoms with Crippen LogP contribution in [0.4, 0.5) is 0 Å². The van der Waals surface area contributed by atoms with Crippen LogP contribution < -0.4 is 4.74 Å². The summed E-state index contributed by atoms with van der Waals surface area (Å²) in [5.74, 6) is 0.0879. The van der Waals surface area contributed by atoms with Crippen LogP contribution in [0.1, 0.15) is 29.6 Å². The smallest absolute Gasteiger partial charge is 0.232 e. The highest BCUT2D eigenvalue weighted by Gasteiger charge is 2.54. The minimum atomic E-state index is -0.712. The first-order valence-corrected chi connectivity index (χ1v) is 8.12. The number of hydrogen-bond acceptors (Lipinski definition) is 5. The minimum Gasteiger partial charge on any atom is -0.497 e. The van der Waals surface area contributed by atoms with Gasteiger partial charge in [0, 0.05) is 35.9 Å². The van der Waals surface area contributed by atoms with Crippen molar-refractivity contribution in [3.05, 3.63) is 39.9 Å². The highest BCUT2D eigenvalue weighted by atomic mass is 16.6. The molecule has 1 aliphatic carbocycles. The molecule has 2 atom stereocenters. The van der Waals surface area contributed by atoms with Crippen molar-refractivity contribution in [1.82, 2.24) is 4.90 Å². The number of rotatable bonds is 5. The van der Waals surface area contributed by atoms with Crippen LogP contribution in [0.15, 0.2) is 24.3 Å². The monoisotopic (exact) mass is 332 g/mol. The number of hydrogen-bond donors (Lipinski definition) is 0. The Hall–Kier alpha value is -2.44. The fraction of sp³-hybridized carbons (Fsp3) is 0.529. The Kier molecular flexibility index (Phi) is 4.51. The first kappa shape index (κ1) is 16.4. The molecule has 1 heterocycles. The summed E-state index contributed by atoms with van der Waals surface area (Å²) in [7, 11) is 1.58. The average Bonchev–Trinajstić information content (AvgIpc) is 3.42. The Balaban J connectivity index is 1.54. The summed E-state index contributed by atoms with van der Waals surface area (Å²) in [4.78, 5) is 36.7. The van der Waals surface area contributed by atoms with Gasteiger partial charge in [0.05, 0.1) is 7.11 Å². The number of Topliss-reactive ketones (excluding diaryl/α,β-unsaturated/α-hetero) is 1. The van der Waals surface area contributed by atoms with E-state index >= 15 is 0 Å². The molecule has 2 fully saturated rings. The van der Waals surface area contributed by atoms with E-state index in [1.165, 1.54) is 0 Å². The van der Waals surface area contributed by atoms with Gasteiger partial charge in [-0.25, -0.2) is 0 Å². The van der Waals surface area contributed by atoms with E-state index in [0.717, 1.165) is 0 Å². The molecule has 0 radical (unpaired) electrons. The normalized spacial score (nSPS) is 23.6. The zero-order valence-corrected chi connectivity index (χ0v) is 13.5. The van der Waals surface area contributed by atoms with Gasteiger partial charge in [-0.2, -0.15) is 0 Å². The van der Waals surface area contributed by atoms with Gasteiger partial charge in [0.15, 0.2) is 5.78 Å². The lowest BCUT2D eigenvalue weighted by Gasteiger charge is -2.31. The molecule has 1 aromatic rings. The van der Waals surface area contributed by atoms with Gasteiger partial charge in [-0.1, -0.05) is 0 Å². The van der Waals surface area contributed by atoms with Gasteiger partial charge in [-0.15, -0.1) is 0 Å². The number of methoxy groups -OCH3 is 1. The molecule has 2 aliphatic rings. The van der Waals surface area contributed by atoms with E-state index in [1.807, 2.05) is 0 Å². The van der Waals surface area contributed by atoms with Crippen LogP contribution in [-0.2, 0) is 4.79 Å². The maximum Gasteiger partial charge on any atom is 0.232 e. The van der Waals surface area contributed by atoms with E-state index in [1.54, 1.807) is 36.3 Å². The molecular formula is C17H20N2O5. The predicted octanol–water partition coefficient (Wildman–Crippen LogP) is 1.78. The average molecular weight is 332 g/mol. The maximum absolute atomic E-state index is 12.5. The van der Waals surface area contributed by atoms with Crippen molar-refractivity contribution in [2.75, 3.05) is 20.2 Å². The number of ether oxygens (including phenoxy) is 1. The van der Waals surface area contributed by atoms with Crippen molar-refractivity contribution in [2.45, 2.75) is 25.3 Å². The lowest BCUT2D eigenvalue weighted by Crippen LogP contribution is -2.41. The van der Waals surface area contributed by atoms with Crippen LogP contribution in [0.2, 0.25) is 0 Å². The summed E-state index contributed by atoms with van der Waals surface area (Å²) in [6.45, 7) is 0.985. The molecule has 1 aliphatic heterocycles. The van der Waals surface area contributed by atoms with Crippen LogP contribution in [0.25, 0.3) is 0 Å². The maximum atomic E-state index is 12.5. The molecule has 24 heavy (non-hydrogen) atoms. The quantitative estimate of drug-likeness (QED) is 0.466. The number of benzene rings is 1. The van der Waals surface area contributed by atoms with E-state index in [0.29, 0.717) is 43.7 Å². The number of carbonyl (C=O) groups is 2. The van der Waals surface area contributed by atoms with Crippen LogP contribution in [0.5, 0.6) is 5.75 Å². The number of nitro groups is 1. The van der Waals surface area contributed by atoms with Crippen LogP contribution >= 0.6 is 0 Å². The Morgan fingerprint density at radius 2 is 1.83 bits per heavy atom. The lowest BCUT2D eigenvalue weighted by molar-refractivity contribution is -0.497. The molecule has 0 spiro atoms. The zero-order valence-electron chi connectivity index (χ0n) is 13.5. The van der Waals surface area contributed by atoms with Gasteiger partial charge >= 0.3 is 0 Å². The largest absolute Gasteiger partial charge is 0.497 e. The third kappa shape index (κ3) is 3.25. The highest BCUT2D eigenvalue weighted by Crippen LogP contribution is 2.36. The summed E-state index contributed by atoms with van der Waals surface area (Å²) in [5.41, 5.74) is 0.649. The summed E-state index contributed by atoms with van der Waals surface area (Å²) in [6, 6.07) is 6.32. The topological polar surface area (TPSA) is 89.8 Å². The lowest BCUT2D eigenvalue weighted by atomic mass is 9.88. The number of likely N-dealkylation sites (tertiary alicyclic amines) is 1. The predicted molar refractivity (Wildman–Crippen MR) is 85.5 cm³/mol. The van der Waals surface area contributed by atoms with Crippen molar-refractivity contribution < 1.29 is 19.2 Å². The number of carbonyl (C=O) groups excluding carboxylic acids is 2. The van der Waals surface area contributed by atoms with Gasteiger partial charge in [-0.05, 0) is 37.1 Å². The van der Waals surface area contributed by atoms with E-state index in [4.69, 9.17) is 4.74 Å². The summed E-state index contributed by atoms with van der Waals surface area (Å²) in [6.07, 6.45) is 1.55. The molecule has 7 heteroatoms. The second kappa shape index (κ2) is 6.59. The fourth-order valence-electron chi connectivity index (χ4n) is 3.27. The zero-order chi connectivity index (χ0) is 17.3. The van der Waals surface area contributed by atoms with Crippen molar-refractivity contribution in [3.8, 4) is 5.75 Å². The molecule has 0 bridgehead atoms. The molecule has 128 valence electrons. The van der Waals surface area contributed by atoms with E-state index < -0.39 is 12.0 Å². The van der Waals surface area contributed by atoms with Crippen molar-refractivity contribution in [3.63, 3.8) is 0 Å². The fourth-order valence-corrected chi connectivity index (χ4v) is 3.27. The van der Waals surface area contributed by atoms with Crippen LogP contribution in [-0.4, -0.2) is 47.8 Å². The Bertz CT molecular complexity index is 649. The van der Waals surface area contributed by atoms with Gasteiger partial charge in [0.2, 0.25) is 11.9 Å². The third-order valence-electron chi connectivity index (χ3n) is 4.90. The summed E-state index contributed by atoms with van der Waals surface area (Å²) >= 11 is 0. The summed E-state index contributed by atoms with van der Waals surface area (Å²) < 4.78 is 5.09. The molecule has 1 saturated carbocycles. The number of ketones is 1. The van der Waals surface area contributed by atoms with Gasteiger partial charge in [0.25, 0.3) is 0 Å². The molecule has 1 aromatic carbocycles.